The number of rotatable bonds is 7. The molecule has 3 N–H and O–H groups in total. The van der Waals surface area contributed by atoms with Crippen LogP contribution in [0.5, 0.6) is 0 Å². The molecule has 0 aliphatic carbocycles. The summed E-state index contributed by atoms with van der Waals surface area (Å²) in [6.45, 7) is 2.04. The number of hydrogen-bond acceptors (Lipinski definition) is 6. The predicted octanol–water partition coefficient (Wildman–Crippen LogP) is -0.474. The summed E-state index contributed by atoms with van der Waals surface area (Å²) in [5, 5.41) is 11.5. The summed E-state index contributed by atoms with van der Waals surface area (Å²) in [6.07, 6.45) is 2.58. The summed E-state index contributed by atoms with van der Waals surface area (Å²) in [4.78, 5) is 18.2. The fourth-order valence-corrected chi connectivity index (χ4v) is 2.17. The Morgan fingerprint density at radius 3 is 2.67 bits per heavy atom. The van der Waals surface area contributed by atoms with E-state index in [0.717, 1.165) is 0 Å². The second-order valence-electron chi connectivity index (χ2n) is 3.30. The molecule has 1 rings (SSSR count). The normalized spacial score (nSPS) is 11.2. The van der Waals surface area contributed by atoms with Crippen LogP contribution in [0.3, 0.4) is 0 Å². The molecule has 0 radical (unpaired) electrons. The molecule has 9 heteroatoms. The van der Waals surface area contributed by atoms with E-state index in [0.29, 0.717) is 6.54 Å². The van der Waals surface area contributed by atoms with Crippen molar-refractivity contribution in [1.82, 2.24) is 14.7 Å². The second kappa shape index (κ2) is 6.26. The molecule has 100 valence electrons. The van der Waals surface area contributed by atoms with E-state index in [2.05, 4.69) is 20.0 Å². The van der Waals surface area contributed by atoms with Crippen LogP contribution in [0.2, 0.25) is 0 Å². The molecule has 1 aromatic heterocycles. The van der Waals surface area contributed by atoms with Crippen LogP contribution >= 0.6 is 0 Å². The largest absolute Gasteiger partial charge is 0.476 e. The van der Waals surface area contributed by atoms with E-state index in [-0.39, 0.29) is 23.8 Å². The molecule has 0 bridgehead atoms. The number of carboxylic acid groups (broad SMARTS) is 1. The van der Waals surface area contributed by atoms with Crippen molar-refractivity contribution in [1.29, 1.82) is 0 Å². The lowest BCUT2D eigenvalue weighted by Gasteiger charge is -2.08. The number of sulfonamides is 1. The molecule has 0 aliphatic heterocycles. The van der Waals surface area contributed by atoms with Crippen LogP contribution in [-0.2, 0) is 10.0 Å². The molecular formula is C9H14N4O4S. The third-order valence-electron chi connectivity index (χ3n) is 1.93. The number of nitrogens with zero attached hydrogens (tertiary/aromatic N) is 2. The predicted molar refractivity (Wildman–Crippen MR) is 64.9 cm³/mol. The van der Waals surface area contributed by atoms with E-state index < -0.39 is 16.0 Å². The number of carbonyl (C=O) groups is 1. The number of nitrogens with one attached hydrogen (secondary N) is 2. The van der Waals surface area contributed by atoms with Crippen molar-refractivity contribution < 1.29 is 18.3 Å². The summed E-state index contributed by atoms with van der Waals surface area (Å²) < 4.78 is 25.0. The summed E-state index contributed by atoms with van der Waals surface area (Å²) in [5.41, 5.74) is -0.238. The Labute approximate surface area is 105 Å². The van der Waals surface area contributed by atoms with Gasteiger partial charge in [0.05, 0.1) is 5.75 Å². The maximum absolute atomic E-state index is 11.3. The smallest absolute Gasteiger partial charge is 0.358 e. The number of hydrogen-bond donors (Lipinski definition) is 3. The van der Waals surface area contributed by atoms with Gasteiger partial charge in [0.25, 0.3) is 0 Å². The number of aromatic nitrogens is 2. The number of anilines is 1. The molecule has 0 aliphatic rings. The lowest BCUT2D eigenvalue weighted by atomic mass is 10.4. The molecule has 0 aromatic carbocycles. The quantitative estimate of drug-likeness (QED) is 0.614. The van der Waals surface area contributed by atoms with Crippen LogP contribution < -0.4 is 10.0 Å². The van der Waals surface area contributed by atoms with Gasteiger partial charge in [0, 0.05) is 25.5 Å². The van der Waals surface area contributed by atoms with Gasteiger partial charge >= 0.3 is 5.97 Å². The Morgan fingerprint density at radius 1 is 1.39 bits per heavy atom. The van der Waals surface area contributed by atoms with E-state index in [9.17, 15) is 13.2 Å². The summed E-state index contributed by atoms with van der Waals surface area (Å²) in [5.74, 6) is -1.34. The Balaban J connectivity index is 2.62. The maximum Gasteiger partial charge on any atom is 0.358 e. The highest BCUT2D eigenvalue weighted by molar-refractivity contribution is 7.89. The Kier molecular flexibility index (Phi) is 4.98. The average Bonchev–Trinajstić information content (AvgIpc) is 2.29. The first-order chi connectivity index (χ1) is 8.46. The van der Waals surface area contributed by atoms with Crippen molar-refractivity contribution in [3.8, 4) is 0 Å². The summed E-state index contributed by atoms with van der Waals surface area (Å²) in [6, 6.07) is 0. The molecule has 0 saturated carbocycles. The highest BCUT2D eigenvalue weighted by atomic mass is 32.2. The topological polar surface area (TPSA) is 121 Å². The molecule has 0 unspecified atom stereocenters. The summed E-state index contributed by atoms with van der Waals surface area (Å²) in [7, 11) is -3.34. The van der Waals surface area contributed by atoms with E-state index in [1.165, 1.54) is 12.4 Å². The third kappa shape index (κ3) is 4.26. The van der Waals surface area contributed by atoms with Crippen LogP contribution in [-0.4, -0.2) is 48.3 Å². The molecular weight excluding hydrogens is 260 g/mol. The van der Waals surface area contributed by atoms with Gasteiger partial charge in [0.2, 0.25) is 10.0 Å². The van der Waals surface area contributed by atoms with Gasteiger partial charge in [-0.1, -0.05) is 6.92 Å². The van der Waals surface area contributed by atoms with Crippen molar-refractivity contribution in [2.75, 3.05) is 24.2 Å². The molecule has 0 atom stereocenters. The zero-order valence-corrected chi connectivity index (χ0v) is 10.6. The van der Waals surface area contributed by atoms with Crippen molar-refractivity contribution in [3.05, 3.63) is 18.1 Å². The highest BCUT2D eigenvalue weighted by Gasteiger charge is 2.13. The van der Waals surface area contributed by atoms with Gasteiger partial charge in [-0.05, 0) is 0 Å². The lowest BCUT2D eigenvalue weighted by molar-refractivity contribution is 0.0691. The van der Waals surface area contributed by atoms with Gasteiger partial charge < -0.3 is 10.4 Å². The van der Waals surface area contributed by atoms with Gasteiger partial charge in [-0.2, -0.15) is 0 Å². The fraction of sp³-hybridized carbons (Fsp3) is 0.444. The molecule has 18 heavy (non-hydrogen) atoms. The zero-order valence-electron chi connectivity index (χ0n) is 9.75. The Hall–Kier alpha value is -1.74. The minimum atomic E-state index is -3.34. The van der Waals surface area contributed by atoms with Crippen LogP contribution in [0.4, 0.5) is 5.82 Å². The molecule has 0 amide bonds. The van der Waals surface area contributed by atoms with Gasteiger partial charge in [0.15, 0.2) is 11.5 Å². The van der Waals surface area contributed by atoms with Crippen LogP contribution in [0.25, 0.3) is 0 Å². The fourth-order valence-electron chi connectivity index (χ4n) is 1.22. The van der Waals surface area contributed by atoms with E-state index >= 15 is 0 Å². The minimum absolute atomic E-state index is 0.0499. The number of aromatic carboxylic acids is 1. The Morgan fingerprint density at radius 2 is 2.06 bits per heavy atom. The first kappa shape index (κ1) is 14.3. The van der Waals surface area contributed by atoms with Crippen molar-refractivity contribution in [2.24, 2.45) is 0 Å². The Bertz CT molecular complexity index is 517. The van der Waals surface area contributed by atoms with Crippen LogP contribution in [0.15, 0.2) is 12.4 Å². The van der Waals surface area contributed by atoms with Gasteiger partial charge in [-0.15, -0.1) is 0 Å². The average molecular weight is 274 g/mol. The monoisotopic (exact) mass is 274 g/mol. The highest BCUT2D eigenvalue weighted by Crippen LogP contribution is 2.07. The van der Waals surface area contributed by atoms with Crippen LogP contribution in [0.1, 0.15) is 17.4 Å². The van der Waals surface area contributed by atoms with E-state index in [1.807, 2.05) is 0 Å². The lowest BCUT2D eigenvalue weighted by Crippen LogP contribution is -2.29. The molecule has 0 fully saturated rings. The molecule has 1 aromatic rings. The summed E-state index contributed by atoms with van der Waals surface area (Å²) >= 11 is 0. The van der Waals surface area contributed by atoms with Crippen molar-refractivity contribution in [3.63, 3.8) is 0 Å². The van der Waals surface area contributed by atoms with E-state index in [1.54, 1.807) is 6.92 Å². The van der Waals surface area contributed by atoms with E-state index in [4.69, 9.17) is 5.11 Å². The molecule has 1 heterocycles. The molecule has 0 spiro atoms. The third-order valence-corrected chi connectivity index (χ3v) is 3.40. The van der Waals surface area contributed by atoms with Crippen molar-refractivity contribution in [2.45, 2.75) is 6.92 Å². The molecule has 0 saturated heterocycles. The van der Waals surface area contributed by atoms with Crippen molar-refractivity contribution >= 4 is 21.8 Å². The SMILES string of the molecule is CCNS(=O)(=O)CCNc1nccnc1C(=O)O. The first-order valence-electron chi connectivity index (χ1n) is 5.22. The van der Waals surface area contributed by atoms with Crippen LogP contribution in [0, 0.1) is 0 Å². The van der Waals surface area contributed by atoms with Gasteiger partial charge in [0.1, 0.15) is 0 Å². The maximum atomic E-state index is 11.3. The zero-order chi connectivity index (χ0) is 13.6. The first-order valence-corrected chi connectivity index (χ1v) is 6.87. The molecule has 8 nitrogen and oxygen atoms in total. The van der Waals surface area contributed by atoms with Gasteiger partial charge in [-0.25, -0.2) is 27.9 Å². The standard InChI is InChI=1S/C9H14N4O4S/c1-2-13-18(16,17)6-5-12-8-7(9(14)15)10-3-4-11-8/h3-4,13H,2,5-6H2,1H3,(H,11,12)(H,14,15). The second-order valence-corrected chi connectivity index (χ2v) is 5.23. The van der Waals surface area contributed by atoms with Gasteiger partial charge in [-0.3, -0.25) is 0 Å². The number of carboxylic acids is 1. The minimum Gasteiger partial charge on any atom is -0.476 e.